The first-order valence-electron chi connectivity index (χ1n) is 13.0. The Balaban J connectivity index is 1.51. The lowest BCUT2D eigenvalue weighted by Gasteiger charge is -2.64. The first-order valence-corrected chi connectivity index (χ1v) is 13.0. The third-order valence-electron chi connectivity index (χ3n) is 11.0. The Labute approximate surface area is 180 Å². The number of aliphatic hydroxyl groups excluding tert-OH is 1. The summed E-state index contributed by atoms with van der Waals surface area (Å²) in [6, 6.07) is 0. The van der Waals surface area contributed by atoms with Crippen molar-refractivity contribution in [2.75, 3.05) is 0 Å². The fourth-order valence-corrected chi connectivity index (χ4v) is 9.35. The van der Waals surface area contributed by atoms with E-state index >= 15 is 0 Å². The number of rotatable bonds is 5. The quantitative estimate of drug-likeness (QED) is 0.543. The lowest BCUT2D eigenvalue weighted by molar-refractivity contribution is -0.246. The standard InChI is InChI=1S/C27H48O2/c1-18(2)8-6-9-19(3)21-11-12-22-20-13-17-27(29)24(28)10-7-15-26(27,5)23(20)14-16-25(21,22)4/h18-24,28-29H,6-17H2,1-5H3/t19-,20+,21+,22-,23-,24-,25-,26-,27-/m1/s1. The van der Waals surface area contributed by atoms with Gasteiger partial charge in [0.15, 0.2) is 0 Å². The van der Waals surface area contributed by atoms with Crippen LogP contribution in [0.15, 0.2) is 0 Å². The molecular formula is C27H48O2. The summed E-state index contributed by atoms with van der Waals surface area (Å²) in [6.07, 6.45) is 14.1. The fourth-order valence-electron chi connectivity index (χ4n) is 9.35. The van der Waals surface area contributed by atoms with E-state index in [1.807, 2.05) is 0 Å². The van der Waals surface area contributed by atoms with Crippen molar-refractivity contribution in [2.45, 2.75) is 123 Å². The molecule has 0 spiro atoms. The lowest BCUT2D eigenvalue weighted by Crippen LogP contribution is -2.66. The number of fused-ring (bicyclic) bond motifs is 5. The van der Waals surface area contributed by atoms with E-state index in [1.165, 1.54) is 44.9 Å². The average molecular weight is 405 g/mol. The van der Waals surface area contributed by atoms with Crippen LogP contribution in [0.2, 0.25) is 0 Å². The molecule has 2 nitrogen and oxygen atoms in total. The molecule has 4 fully saturated rings. The van der Waals surface area contributed by atoms with E-state index in [9.17, 15) is 10.2 Å². The number of hydrogen-bond acceptors (Lipinski definition) is 2. The van der Waals surface area contributed by atoms with Crippen molar-refractivity contribution >= 4 is 0 Å². The van der Waals surface area contributed by atoms with Crippen molar-refractivity contribution in [3.05, 3.63) is 0 Å². The summed E-state index contributed by atoms with van der Waals surface area (Å²) in [7, 11) is 0. The summed E-state index contributed by atoms with van der Waals surface area (Å²) in [4.78, 5) is 0. The molecule has 0 radical (unpaired) electrons. The summed E-state index contributed by atoms with van der Waals surface area (Å²) in [5.41, 5.74) is -0.393. The average Bonchev–Trinajstić information content (AvgIpc) is 3.01. The Bertz CT molecular complexity index is 587. The summed E-state index contributed by atoms with van der Waals surface area (Å²) in [5, 5.41) is 22.3. The third kappa shape index (κ3) is 3.34. The van der Waals surface area contributed by atoms with Gasteiger partial charge in [-0.2, -0.15) is 0 Å². The minimum Gasteiger partial charge on any atom is -0.390 e. The molecule has 4 aliphatic carbocycles. The van der Waals surface area contributed by atoms with Crippen LogP contribution in [0, 0.1) is 46.3 Å². The van der Waals surface area contributed by atoms with Gasteiger partial charge in [-0.25, -0.2) is 0 Å². The topological polar surface area (TPSA) is 40.5 Å². The largest absolute Gasteiger partial charge is 0.390 e. The van der Waals surface area contributed by atoms with Gasteiger partial charge in [0, 0.05) is 5.41 Å². The Kier molecular flexibility index (Phi) is 5.95. The van der Waals surface area contributed by atoms with Gasteiger partial charge in [0.25, 0.3) is 0 Å². The molecule has 2 heteroatoms. The van der Waals surface area contributed by atoms with Crippen molar-refractivity contribution in [2.24, 2.45) is 46.3 Å². The van der Waals surface area contributed by atoms with Gasteiger partial charge in [-0.1, -0.05) is 60.3 Å². The molecule has 4 saturated carbocycles. The Morgan fingerprint density at radius 2 is 1.62 bits per heavy atom. The molecule has 0 amide bonds. The zero-order chi connectivity index (χ0) is 21.0. The highest BCUT2D eigenvalue weighted by Crippen LogP contribution is 2.69. The normalized spacial score (nSPS) is 50.7. The second-order valence-electron chi connectivity index (χ2n) is 12.7. The van der Waals surface area contributed by atoms with Crippen LogP contribution in [0.25, 0.3) is 0 Å². The summed E-state index contributed by atoms with van der Waals surface area (Å²) < 4.78 is 0. The first-order chi connectivity index (χ1) is 13.6. The molecule has 4 aliphatic rings. The molecule has 168 valence electrons. The molecule has 0 heterocycles. The van der Waals surface area contributed by atoms with Crippen molar-refractivity contribution < 1.29 is 10.2 Å². The summed E-state index contributed by atoms with van der Waals surface area (Å²) in [5.74, 6) is 4.82. The SMILES string of the molecule is CC(C)CCC[C@@H](C)[C@@H]1CC[C@@H]2[C@@H]3CC[C@@]4(O)[C@H](O)CCC[C@]4(C)[C@@H]3CC[C@@]21C. The highest BCUT2D eigenvalue weighted by Gasteiger charge is 2.65. The molecule has 29 heavy (non-hydrogen) atoms. The fraction of sp³-hybridized carbons (Fsp3) is 1.00. The van der Waals surface area contributed by atoms with Crippen molar-refractivity contribution in [1.82, 2.24) is 0 Å². The van der Waals surface area contributed by atoms with Crippen LogP contribution in [0.1, 0.15) is 112 Å². The Morgan fingerprint density at radius 3 is 2.34 bits per heavy atom. The maximum absolute atomic E-state index is 11.6. The van der Waals surface area contributed by atoms with Gasteiger partial charge in [0.1, 0.15) is 0 Å². The van der Waals surface area contributed by atoms with Crippen LogP contribution in [0.4, 0.5) is 0 Å². The maximum atomic E-state index is 11.6. The van der Waals surface area contributed by atoms with Crippen molar-refractivity contribution in [3.63, 3.8) is 0 Å². The molecule has 0 aliphatic heterocycles. The molecule has 2 N–H and O–H groups in total. The number of aliphatic hydroxyl groups is 2. The van der Waals surface area contributed by atoms with E-state index in [1.54, 1.807) is 0 Å². The zero-order valence-electron chi connectivity index (χ0n) is 19.9. The van der Waals surface area contributed by atoms with Gasteiger partial charge < -0.3 is 10.2 Å². The predicted molar refractivity (Wildman–Crippen MR) is 121 cm³/mol. The van der Waals surface area contributed by atoms with Gasteiger partial charge in [-0.15, -0.1) is 0 Å². The minimum atomic E-state index is -0.831. The molecular weight excluding hydrogens is 356 g/mol. The van der Waals surface area contributed by atoms with Crippen LogP contribution in [0.5, 0.6) is 0 Å². The second-order valence-corrected chi connectivity index (χ2v) is 12.7. The molecule has 0 saturated heterocycles. The molecule has 0 aromatic heterocycles. The van der Waals surface area contributed by atoms with Gasteiger partial charge >= 0.3 is 0 Å². The summed E-state index contributed by atoms with van der Waals surface area (Å²) in [6.45, 7) is 12.2. The van der Waals surface area contributed by atoms with Crippen LogP contribution in [-0.2, 0) is 0 Å². The van der Waals surface area contributed by atoms with E-state index in [-0.39, 0.29) is 5.41 Å². The number of hydrogen-bond donors (Lipinski definition) is 2. The third-order valence-corrected chi connectivity index (χ3v) is 11.0. The molecule has 4 rings (SSSR count). The van der Waals surface area contributed by atoms with Gasteiger partial charge in [-0.05, 0) is 92.3 Å². The van der Waals surface area contributed by atoms with Crippen LogP contribution < -0.4 is 0 Å². The van der Waals surface area contributed by atoms with E-state index in [0.717, 1.165) is 61.7 Å². The molecule has 0 unspecified atom stereocenters. The molecule has 0 aromatic rings. The van der Waals surface area contributed by atoms with Crippen molar-refractivity contribution in [3.8, 4) is 0 Å². The smallest absolute Gasteiger partial charge is 0.0961 e. The zero-order valence-corrected chi connectivity index (χ0v) is 19.9. The molecule has 9 atom stereocenters. The molecule has 0 aromatic carbocycles. The second kappa shape index (κ2) is 7.80. The van der Waals surface area contributed by atoms with Crippen LogP contribution in [-0.4, -0.2) is 21.9 Å². The first kappa shape index (κ1) is 22.1. The van der Waals surface area contributed by atoms with E-state index < -0.39 is 11.7 Å². The minimum absolute atomic E-state index is 0.0735. The van der Waals surface area contributed by atoms with Crippen LogP contribution >= 0.6 is 0 Å². The van der Waals surface area contributed by atoms with Crippen LogP contribution in [0.3, 0.4) is 0 Å². The Hall–Kier alpha value is -0.0800. The van der Waals surface area contributed by atoms with Gasteiger partial charge in [0.2, 0.25) is 0 Å². The highest BCUT2D eigenvalue weighted by molar-refractivity contribution is 5.15. The van der Waals surface area contributed by atoms with Gasteiger partial charge in [-0.3, -0.25) is 0 Å². The monoisotopic (exact) mass is 404 g/mol. The summed E-state index contributed by atoms with van der Waals surface area (Å²) >= 11 is 0. The molecule has 0 bridgehead atoms. The van der Waals surface area contributed by atoms with Gasteiger partial charge in [0.05, 0.1) is 11.7 Å². The lowest BCUT2D eigenvalue weighted by atomic mass is 9.42. The maximum Gasteiger partial charge on any atom is 0.0961 e. The van der Waals surface area contributed by atoms with Crippen molar-refractivity contribution in [1.29, 1.82) is 0 Å². The van der Waals surface area contributed by atoms with E-state index in [4.69, 9.17) is 0 Å². The Morgan fingerprint density at radius 1 is 0.862 bits per heavy atom. The highest BCUT2D eigenvalue weighted by atomic mass is 16.3. The predicted octanol–water partition coefficient (Wildman–Crippen LogP) is 6.58. The van der Waals surface area contributed by atoms with E-state index in [2.05, 4.69) is 34.6 Å². The van der Waals surface area contributed by atoms with E-state index in [0.29, 0.717) is 11.3 Å².